The quantitative estimate of drug-likeness (QED) is 0.881. The van der Waals surface area contributed by atoms with E-state index in [1.807, 2.05) is 24.3 Å². The molecule has 0 saturated carbocycles. The number of carbonyl (C=O) groups is 1. The van der Waals surface area contributed by atoms with Crippen molar-refractivity contribution in [1.29, 1.82) is 0 Å². The van der Waals surface area contributed by atoms with E-state index < -0.39 is 18.5 Å². The molecular formula is C16H20ClF3N2O. The molecule has 1 aliphatic rings. The van der Waals surface area contributed by atoms with Crippen LogP contribution >= 0.6 is 11.6 Å². The third-order valence-corrected chi connectivity index (χ3v) is 4.38. The molecular weight excluding hydrogens is 329 g/mol. The third-order valence-electron chi connectivity index (χ3n) is 4.01. The molecule has 7 heteroatoms. The molecule has 0 spiro atoms. The summed E-state index contributed by atoms with van der Waals surface area (Å²) in [5.74, 6) is -0.717. The van der Waals surface area contributed by atoms with E-state index in [2.05, 4.69) is 10.2 Å². The number of nitrogens with zero attached hydrogens (tertiary/aromatic N) is 1. The second kappa shape index (κ2) is 8.02. The van der Waals surface area contributed by atoms with Gasteiger partial charge in [0.1, 0.15) is 6.42 Å². The van der Waals surface area contributed by atoms with E-state index in [0.29, 0.717) is 6.54 Å². The van der Waals surface area contributed by atoms with Crippen LogP contribution < -0.4 is 5.32 Å². The van der Waals surface area contributed by atoms with E-state index in [4.69, 9.17) is 11.6 Å². The van der Waals surface area contributed by atoms with E-state index in [-0.39, 0.29) is 5.92 Å². The van der Waals surface area contributed by atoms with Crippen LogP contribution in [0.3, 0.4) is 0 Å². The standard InChI is InChI=1S/C16H20ClF3N2O/c17-14-4-2-1-3-13(14)11-22-7-5-12(6-8-22)10-21-15(23)9-16(18,19)20/h1-4,12H,5-11H2,(H,21,23). The molecule has 1 saturated heterocycles. The number of nitrogens with one attached hydrogen (secondary N) is 1. The van der Waals surface area contributed by atoms with E-state index in [1.165, 1.54) is 0 Å². The molecule has 1 aromatic rings. The maximum Gasteiger partial charge on any atom is 0.397 e. The van der Waals surface area contributed by atoms with Gasteiger partial charge in [-0.1, -0.05) is 29.8 Å². The normalized spacial score (nSPS) is 17.2. The van der Waals surface area contributed by atoms with Gasteiger partial charge in [-0.05, 0) is 43.5 Å². The third kappa shape index (κ3) is 6.39. The summed E-state index contributed by atoms with van der Waals surface area (Å²) in [4.78, 5) is 13.5. The number of amides is 1. The van der Waals surface area contributed by atoms with Gasteiger partial charge >= 0.3 is 6.18 Å². The number of hydrogen-bond acceptors (Lipinski definition) is 2. The lowest BCUT2D eigenvalue weighted by molar-refractivity contribution is -0.153. The second-order valence-electron chi connectivity index (χ2n) is 5.91. The van der Waals surface area contributed by atoms with Crippen molar-refractivity contribution in [2.75, 3.05) is 19.6 Å². The fourth-order valence-electron chi connectivity index (χ4n) is 2.72. The minimum atomic E-state index is -4.44. The number of benzene rings is 1. The van der Waals surface area contributed by atoms with Crippen LogP contribution in [0.5, 0.6) is 0 Å². The maximum absolute atomic E-state index is 12.1. The number of rotatable bonds is 5. The molecule has 1 fully saturated rings. The zero-order valence-corrected chi connectivity index (χ0v) is 13.5. The van der Waals surface area contributed by atoms with Gasteiger partial charge in [-0.3, -0.25) is 9.69 Å². The lowest BCUT2D eigenvalue weighted by Crippen LogP contribution is -2.39. The highest BCUT2D eigenvalue weighted by Gasteiger charge is 2.31. The molecule has 1 N–H and O–H groups in total. The van der Waals surface area contributed by atoms with Gasteiger partial charge < -0.3 is 5.32 Å². The van der Waals surface area contributed by atoms with Crippen LogP contribution in [0.4, 0.5) is 13.2 Å². The molecule has 0 bridgehead atoms. The van der Waals surface area contributed by atoms with E-state index in [0.717, 1.165) is 43.1 Å². The van der Waals surface area contributed by atoms with Gasteiger partial charge in [-0.2, -0.15) is 13.2 Å². The van der Waals surface area contributed by atoms with E-state index in [1.54, 1.807) is 0 Å². The van der Waals surface area contributed by atoms with Crippen LogP contribution in [0.25, 0.3) is 0 Å². The summed E-state index contributed by atoms with van der Waals surface area (Å²) in [7, 11) is 0. The molecule has 1 amide bonds. The Kier molecular flexibility index (Phi) is 6.30. The summed E-state index contributed by atoms with van der Waals surface area (Å²) in [6, 6.07) is 7.69. The Hall–Kier alpha value is -1.27. The molecule has 3 nitrogen and oxygen atoms in total. The highest BCUT2D eigenvalue weighted by molar-refractivity contribution is 6.31. The van der Waals surface area contributed by atoms with Crippen LogP contribution in [-0.4, -0.2) is 36.6 Å². The zero-order valence-electron chi connectivity index (χ0n) is 12.7. The second-order valence-corrected chi connectivity index (χ2v) is 6.31. The molecule has 128 valence electrons. The molecule has 2 rings (SSSR count). The van der Waals surface area contributed by atoms with Crippen LogP contribution in [0.1, 0.15) is 24.8 Å². The first-order valence-electron chi connectivity index (χ1n) is 7.63. The first kappa shape index (κ1) is 18.1. The summed E-state index contributed by atoms with van der Waals surface area (Å²) in [5, 5.41) is 3.13. The number of hydrogen-bond donors (Lipinski definition) is 1. The predicted molar refractivity (Wildman–Crippen MR) is 83.1 cm³/mol. The Labute approximate surface area is 138 Å². The molecule has 1 aliphatic heterocycles. The van der Waals surface area contributed by atoms with Crippen LogP contribution in [0, 0.1) is 5.92 Å². The van der Waals surface area contributed by atoms with Gasteiger partial charge in [-0.15, -0.1) is 0 Å². The van der Waals surface area contributed by atoms with Gasteiger partial charge in [0.25, 0.3) is 0 Å². The smallest absolute Gasteiger partial charge is 0.356 e. The van der Waals surface area contributed by atoms with E-state index >= 15 is 0 Å². The van der Waals surface area contributed by atoms with Gasteiger partial charge in [-0.25, -0.2) is 0 Å². The SMILES string of the molecule is O=C(CC(F)(F)F)NCC1CCN(Cc2ccccc2Cl)CC1. The Morgan fingerprint density at radius 2 is 1.91 bits per heavy atom. The minimum absolute atomic E-state index is 0.231. The molecule has 0 unspecified atom stereocenters. The van der Waals surface area contributed by atoms with Crippen LogP contribution in [0.2, 0.25) is 5.02 Å². The molecule has 1 heterocycles. The molecule has 1 aromatic carbocycles. The highest BCUT2D eigenvalue weighted by Crippen LogP contribution is 2.22. The average Bonchev–Trinajstić information content (AvgIpc) is 2.47. The number of piperidine rings is 1. The molecule has 0 radical (unpaired) electrons. The van der Waals surface area contributed by atoms with Crippen molar-refractivity contribution in [3.63, 3.8) is 0 Å². The van der Waals surface area contributed by atoms with Crippen molar-refractivity contribution in [1.82, 2.24) is 10.2 Å². The predicted octanol–water partition coefficient (Wildman–Crippen LogP) is 3.62. The van der Waals surface area contributed by atoms with Gasteiger partial charge in [0, 0.05) is 18.1 Å². The van der Waals surface area contributed by atoms with Crippen molar-refractivity contribution in [2.45, 2.75) is 32.0 Å². The van der Waals surface area contributed by atoms with E-state index in [9.17, 15) is 18.0 Å². The fourth-order valence-corrected chi connectivity index (χ4v) is 2.91. The Morgan fingerprint density at radius 1 is 1.26 bits per heavy atom. The lowest BCUT2D eigenvalue weighted by Gasteiger charge is -2.32. The average molecular weight is 349 g/mol. The Balaban J connectivity index is 1.70. The first-order valence-corrected chi connectivity index (χ1v) is 8.00. The minimum Gasteiger partial charge on any atom is -0.356 e. The molecule has 0 aromatic heterocycles. The van der Waals surface area contributed by atoms with Gasteiger partial charge in [0.15, 0.2) is 0 Å². The van der Waals surface area contributed by atoms with Crippen LogP contribution in [0.15, 0.2) is 24.3 Å². The van der Waals surface area contributed by atoms with Crippen LogP contribution in [-0.2, 0) is 11.3 Å². The van der Waals surface area contributed by atoms with Crippen molar-refractivity contribution in [2.24, 2.45) is 5.92 Å². The largest absolute Gasteiger partial charge is 0.397 e. The maximum atomic E-state index is 12.1. The Bertz CT molecular complexity index is 528. The summed E-state index contributed by atoms with van der Waals surface area (Å²) in [5.41, 5.74) is 1.08. The van der Waals surface area contributed by atoms with Crippen molar-refractivity contribution < 1.29 is 18.0 Å². The summed E-state index contributed by atoms with van der Waals surface area (Å²) >= 11 is 6.14. The number of halogens is 4. The van der Waals surface area contributed by atoms with Crippen molar-refractivity contribution in [3.8, 4) is 0 Å². The van der Waals surface area contributed by atoms with Crippen molar-refractivity contribution in [3.05, 3.63) is 34.9 Å². The molecule has 0 aliphatic carbocycles. The van der Waals surface area contributed by atoms with Crippen molar-refractivity contribution >= 4 is 17.5 Å². The fraction of sp³-hybridized carbons (Fsp3) is 0.562. The number of alkyl halides is 3. The monoisotopic (exact) mass is 348 g/mol. The zero-order chi connectivity index (χ0) is 16.9. The van der Waals surface area contributed by atoms with Gasteiger partial charge in [0.2, 0.25) is 5.91 Å². The first-order chi connectivity index (χ1) is 10.8. The number of likely N-dealkylation sites (tertiary alicyclic amines) is 1. The Morgan fingerprint density at radius 3 is 2.52 bits per heavy atom. The lowest BCUT2D eigenvalue weighted by atomic mass is 9.96. The highest BCUT2D eigenvalue weighted by atomic mass is 35.5. The summed E-state index contributed by atoms with van der Waals surface area (Å²) in [6.07, 6.45) is -4.13. The molecule has 0 atom stereocenters. The topological polar surface area (TPSA) is 32.3 Å². The molecule has 23 heavy (non-hydrogen) atoms. The number of carbonyl (C=O) groups excluding carboxylic acids is 1. The van der Waals surface area contributed by atoms with Gasteiger partial charge in [0.05, 0.1) is 0 Å². The summed E-state index contributed by atoms with van der Waals surface area (Å²) in [6.45, 7) is 2.79. The summed E-state index contributed by atoms with van der Waals surface area (Å²) < 4.78 is 36.3.